The summed E-state index contributed by atoms with van der Waals surface area (Å²) < 4.78 is 5.52. The average molecular weight is 448 g/mol. The van der Waals surface area contributed by atoms with E-state index in [1.54, 1.807) is 6.20 Å². The first-order valence-corrected chi connectivity index (χ1v) is 8.38. The van der Waals surface area contributed by atoms with E-state index < -0.39 is 0 Å². The molecule has 0 aromatic carbocycles. The fourth-order valence-corrected chi connectivity index (χ4v) is 2.75. The van der Waals surface area contributed by atoms with Crippen molar-refractivity contribution in [3.05, 3.63) is 30.1 Å². The van der Waals surface area contributed by atoms with Gasteiger partial charge < -0.3 is 20.5 Å². The molecule has 136 valence electrons. The van der Waals surface area contributed by atoms with Crippen LogP contribution in [0.2, 0.25) is 0 Å². The number of hydrogen-bond donors (Lipinski definition) is 3. The minimum absolute atomic E-state index is 0. The third-order valence-electron chi connectivity index (χ3n) is 4.17. The molecule has 2 rings (SSSR count). The fourth-order valence-electron chi connectivity index (χ4n) is 2.75. The van der Waals surface area contributed by atoms with Crippen molar-refractivity contribution >= 4 is 29.9 Å². The van der Waals surface area contributed by atoms with Gasteiger partial charge in [0.25, 0.3) is 0 Å². The standard InChI is InChI=1S/C17H28N4O2.HI/c1-2-19-16(20-9-5-15-4-3-8-18-12-15)21-13-17(6-10-22)7-11-23-14-17;/h3-4,8,12,22H,2,5-7,9-11,13-14H2,1H3,(H2,19,20,21);1H. The van der Waals surface area contributed by atoms with Gasteiger partial charge in [-0.05, 0) is 37.8 Å². The maximum Gasteiger partial charge on any atom is 0.191 e. The SMILES string of the molecule is CCNC(=NCC1(CCO)CCOC1)NCCc1cccnc1.I. The summed E-state index contributed by atoms with van der Waals surface area (Å²) >= 11 is 0. The second-order valence-corrected chi connectivity index (χ2v) is 6.01. The van der Waals surface area contributed by atoms with E-state index in [-0.39, 0.29) is 36.0 Å². The highest BCUT2D eigenvalue weighted by atomic mass is 127. The van der Waals surface area contributed by atoms with Gasteiger partial charge in [0.1, 0.15) is 0 Å². The Morgan fingerprint density at radius 2 is 2.33 bits per heavy atom. The lowest BCUT2D eigenvalue weighted by atomic mass is 9.84. The van der Waals surface area contributed by atoms with Gasteiger partial charge in [-0.3, -0.25) is 9.98 Å². The van der Waals surface area contributed by atoms with Crippen LogP contribution in [0, 0.1) is 5.41 Å². The number of aliphatic hydroxyl groups is 1. The molecule has 1 aliphatic rings. The van der Waals surface area contributed by atoms with Crippen LogP contribution in [0.1, 0.15) is 25.3 Å². The number of rotatable bonds is 8. The number of pyridine rings is 1. The van der Waals surface area contributed by atoms with E-state index in [2.05, 4.69) is 28.6 Å². The Labute approximate surface area is 161 Å². The molecule has 1 atom stereocenters. The minimum Gasteiger partial charge on any atom is -0.396 e. The highest BCUT2D eigenvalue weighted by molar-refractivity contribution is 14.0. The number of guanidine groups is 1. The summed E-state index contributed by atoms with van der Waals surface area (Å²) in [5, 5.41) is 15.9. The molecule has 0 amide bonds. The van der Waals surface area contributed by atoms with Crippen molar-refractivity contribution in [2.24, 2.45) is 10.4 Å². The van der Waals surface area contributed by atoms with Crippen LogP contribution < -0.4 is 10.6 Å². The predicted molar refractivity (Wildman–Crippen MR) is 107 cm³/mol. The van der Waals surface area contributed by atoms with E-state index in [0.717, 1.165) is 44.9 Å². The zero-order chi connectivity index (χ0) is 16.4. The molecule has 1 aromatic rings. The molecule has 7 heteroatoms. The zero-order valence-corrected chi connectivity index (χ0v) is 16.7. The van der Waals surface area contributed by atoms with Crippen LogP contribution in [-0.4, -0.2) is 55.5 Å². The summed E-state index contributed by atoms with van der Waals surface area (Å²) in [4.78, 5) is 8.83. The fraction of sp³-hybridized carbons (Fsp3) is 0.647. The third-order valence-corrected chi connectivity index (χ3v) is 4.17. The first kappa shape index (κ1) is 21.1. The van der Waals surface area contributed by atoms with Gasteiger partial charge in [0.15, 0.2) is 5.96 Å². The summed E-state index contributed by atoms with van der Waals surface area (Å²) in [6.07, 6.45) is 6.28. The van der Waals surface area contributed by atoms with Crippen LogP contribution in [0.25, 0.3) is 0 Å². The Balaban J connectivity index is 0.00000288. The van der Waals surface area contributed by atoms with Gasteiger partial charge in [-0.15, -0.1) is 24.0 Å². The van der Waals surface area contributed by atoms with Crippen molar-refractivity contribution in [3.8, 4) is 0 Å². The Morgan fingerprint density at radius 3 is 2.96 bits per heavy atom. The number of nitrogens with one attached hydrogen (secondary N) is 2. The third kappa shape index (κ3) is 6.90. The lowest BCUT2D eigenvalue weighted by Gasteiger charge is -2.24. The monoisotopic (exact) mass is 448 g/mol. The molecule has 0 saturated carbocycles. The summed E-state index contributed by atoms with van der Waals surface area (Å²) in [6.45, 7) is 6.00. The Morgan fingerprint density at radius 1 is 1.46 bits per heavy atom. The molecule has 1 unspecified atom stereocenters. The number of aromatic nitrogens is 1. The summed E-state index contributed by atoms with van der Waals surface area (Å²) in [6, 6.07) is 4.03. The van der Waals surface area contributed by atoms with Crippen molar-refractivity contribution in [3.63, 3.8) is 0 Å². The molecule has 1 saturated heterocycles. The smallest absolute Gasteiger partial charge is 0.191 e. The molecule has 0 bridgehead atoms. The molecule has 2 heterocycles. The second-order valence-electron chi connectivity index (χ2n) is 6.01. The highest BCUT2D eigenvalue weighted by Gasteiger charge is 2.34. The number of aliphatic imine (C=N–C) groups is 1. The van der Waals surface area contributed by atoms with E-state index in [1.807, 2.05) is 12.3 Å². The number of nitrogens with zero attached hydrogens (tertiary/aromatic N) is 2. The molecule has 1 aliphatic heterocycles. The van der Waals surface area contributed by atoms with Crippen molar-refractivity contribution in [1.29, 1.82) is 0 Å². The van der Waals surface area contributed by atoms with E-state index >= 15 is 0 Å². The number of hydrogen-bond acceptors (Lipinski definition) is 4. The van der Waals surface area contributed by atoms with Crippen LogP contribution in [0.4, 0.5) is 0 Å². The Kier molecular flexibility index (Phi) is 10.2. The van der Waals surface area contributed by atoms with E-state index in [0.29, 0.717) is 13.2 Å². The van der Waals surface area contributed by atoms with Crippen molar-refractivity contribution in [2.45, 2.75) is 26.2 Å². The Bertz CT molecular complexity index is 479. The molecule has 1 fully saturated rings. The van der Waals surface area contributed by atoms with Gasteiger partial charge in [0.05, 0.1) is 13.2 Å². The topological polar surface area (TPSA) is 78.8 Å². The molecule has 3 N–H and O–H groups in total. The van der Waals surface area contributed by atoms with Crippen LogP contribution >= 0.6 is 24.0 Å². The number of ether oxygens (including phenoxy) is 1. The normalized spacial score (nSPS) is 20.5. The lowest BCUT2D eigenvalue weighted by Crippen LogP contribution is -2.39. The number of aliphatic hydroxyl groups excluding tert-OH is 1. The van der Waals surface area contributed by atoms with Gasteiger partial charge in [-0.25, -0.2) is 0 Å². The van der Waals surface area contributed by atoms with E-state index in [9.17, 15) is 5.11 Å². The first-order valence-electron chi connectivity index (χ1n) is 8.38. The molecule has 24 heavy (non-hydrogen) atoms. The van der Waals surface area contributed by atoms with Crippen LogP contribution in [-0.2, 0) is 11.2 Å². The van der Waals surface area contributed by atoms with Crippen LogP contribution in [0.5, 0.6) is 0 Å². The minimum atomic E-state index is -0.0134. The molecule has 0 radical (unpaired) electrons. The molecule has 1 aromatic heterocycles. The largest absolute Gasteiger partial charge is 0.396 e. The molecule has 0 aliphatic carbocycles. The van der Waals surface area contributed by atoms with Crippen molar-refractivity contribution in [1.82, 2.24) is 15.6 Å². The molecular weight excluding hydrogens is 419 g/mol. The average Bonchev–Trinajstić information content (AvgIpc) is 3.03. The van der Waals surface area contributed by atoms with Gasteiger partial charge in [-0.1, -0.05) is 6.07 Å². The summed E-state index contributed by atoms with van der Waals surface area (Å²) in [7, 11) is 0. The first-order chi connectivity index (χ1) is 11.3. The van der Waals surface area contributed by atoms with Gasteiger partial charge in [-0.2, -0.15) is 0 Å². The number of halogens is 1. The van der Waals surface area contributed by atoms with Gasteiger partial charge in [0, 0.05) is 44.1 Å². The van der Waals surface area contributed by atoms with Gasteiger partial charge in [0.2, 0.25) is 0 Å². The van der Waals surface area contributed by atoms with Crippen LogP contribution in [0.3, 0.4) is 0 Å². The molecule has 0 spiro atoms. The maximum absolute atomic E-state index is 9.29. The van der Waals surface area contributed by atoms with Crippen LogP contribution in [0.15, 0.2) is 29.5 Å². The van der Waals surface area contributed by atoms with Crippen molar-refractivity contribution in [2.75, 3.05) is 39.5 Å². The highest BCUT2D eigenvalue weighted by Crippen LogP contribution is 2.32. The maximum atomic E-state index is 9.29. The van der Waals surface area contributed by atoms with Crippen molar-refractivity contribution < 1.29 is 9.84 Å². The second kappa shape index (κ2) is 11.6. The lowest BCUT2D eigenvalue weighted by molar-refractivity contribution is 0.131. The molecule has 6 nitrogen and oxygen atoms in total. The van der Waals surface area contributed by atoms with E-state index in [1.165, 1.54) is 5.56 Å². The predicted octanol–water partition coefficient (Wildman–Crippen LogP) is 1.59. The van der Waals surface area contributed by atoms with E-state index in [4.69, 9.17) is 9.73 Å². The summed E-state index contributed by atoms with van der Waals surface area (Å²) in [5.41, 5.74) is 1.19. The summed E-state index contributed by atoms with van der Waals surface area (Å²) in [5.74, 6) is 0.820. The Hall–Kier alpha value is -0.930. The van der Waals surface area contributed by atoms with Gasteiger partial charge >= 0.3 is 0 Å². The zero-order valence-electron chi connectivity index (χ0n) is 14.3. The quantitative estimate of drug-likeness (QED) is 0.320. The molecular formula is C17H29IN4O2.